The molecule has 2 aromatic rings. The largest absolute Gasteiger partial charge is 0.357 e. The van der Waals surface area contributed by atoms with Gasteiger partial charge < -0.3 is 10.7 Å². The van der Waals surface area contributed by atoms with Crippen LogP contribution < -0.4 is 5.73 Å². The van der Waals surface area contributed by atoms with Gasteiger partial charge in [-0.3, -0.25) is 0 Å². The van der Waals surface area contributed by atoms with E-state index in [0.29, 0.717) is 5.92 Å². The number of H-pyrrole nitrogens is 1. The van der Waals surface area contributed by atoms with Crippen molar-refractivity contribution < 1.29 is 0 Å². The number of hydrogen-bond donors (Lipinski definition) is 2. The lowest BCUT2D eigenvalue weighted by atomic mass is 9.82. The molecule has 18 heavy (non-hydrogen) atoms. The molecule has 0 fully saturated rings. The Morgan fingerprint density at radius 3 is 2.94 bits per heavy atom. The Morgan fingerprint density at radius 1 is 1.44 bits per heavy atom. The van der Waals surface area contributed by atoms with Crippen molar-refractivity contribution in [3.8, 4) is 0 Å². The third kappa shape index (κ3) is 2.23. The molecule has 1 unspecified atom stereocenters. The molecule has 98 valence electrons. The third-order valence-electron chi connectivity index (χ3n) is 4.03. The molecule has 1 aromatic carbocycles. The summed E-state index contributed by atoms with van der Waals surface area (Å²) >= 11 is 3.54. The molecule has 0 bridgehead atoms. The summed E-state index contributed by atoms with van der Waals surface area (Å²) in [7, 11) is 0. The minimum absolute atomic E-state index is 0. The first kappa shape index (κ1) is 14.3. The van der Waals surface area contributed by atoms with E-state index in [1.807, 2.05) is 0 Å². The number of aromatic amines is 1. The Kier molecular flexibility index (Phi) is 4.39. The van der Waals surface area contributed by atoms with Gasteiger partial charge in [0, 0.05) is 27.1 Å². The molecule has 3 N–H and O–H groups in total. The van der Waals surface area contributed by atoms with Gasteiger partial charge in [-0.2, -0.15) is 0 Å². The van der Waals surface area contributed by atoms with E-state index in [1.54, 1.807) is 0 Å². The molecular formula is C14H18BrIN2. The fourth-order valence-corrected chi connectivity index (χ4v) is 3.36. The monoisotopic (exact) mass is 420 g/mol. The van der Waals surface area contributed by atoms with Gasteiger partial charge in [-0.05, 0) is 42.5 Å². The van der Waals surface area contributed by atoms with Gasteiger partial charge in [0.1, 0.15) is 0 Å². The van der Waals surface area contributed by atoms with Crippen LogP contribution in [0.3, 0.4) is 0 Å². The maximum atomic E-state index is 6.36. The molecular weight excluding hydrogens is 403 g/mol. The van der Waals surface area contributed by atoms with Crippen molar-refractivity contribution in [1.82, 2.24) is 4.98 Å². The van der Waals surface area contributed by atoms with Gasteiger partial charge in [0.05, 0.1) is 0 Å². The molecule has 0 saturated heterocycles. The summed E-state index contributed by atoms with van der Waals surface area (Å²) in [6, 6.07) is 6.58. The van der Waals surface area contributed by atoms with Crippen LogP contribution in [0.15, 0.2) is 22.7 Å². The topological polar surface area (TPSA) is 41.8 Å². The maximum absolute atomic E-state index is 6.36. The Morgan fingerprint density at radius 2 is 2.22 bits per heavy atom. The number of aromatic nitrogens is 1. The number of hydrogen-bond acceptors (Lipinski definition) is 1. The molecule has 1 aromatic heterocycles. The van der Waals surface area contributed by atoms with Crippen molar-refractivity contribution in [2.24, 2.45) is 11.7 Å². The molecule has 1 heterocycles. The summed E-state index contributed by atoms with van der Waals surface area (Å²) < 4.78 is 1.14. The van der Waals surface area contributed by atoms with Gasteiger partial charge in [0.2, 0.25) is 0 Å². The maximum Gasteiger partial charge on any atom is 0.0479 e. The molecule has 1 aliphatic carbocycles. The van der Waals surface area contributed by atoms with E-state index in [9.17, 15) is 0 Å². The molecule has 1 aliphatic rings. The lowest BCUT2D eigenvalue weighted by Crippen LogP contribution is -2.26. The van der Waals surface area contributed by atoms with E-state index < -0.39 is 0 Å². The average molecular weight is 421 g/mol. The molecule has 2 nitrogen and oxygen atoms in total. The predicted octanol–water partition coefficient (Wildman–Crippen LogP) is 4.52. The van der Waals surface area contributed by atoms with Crippen molar-refractivity contribution in [2.45, 2.75) is 32.2 Å². The number of rotatable bonds is 1. The number of halogens is 2. The van der Waals surface area contributed by atoms with Gasteiger partial charge in [-0.15, -0.1) is 24.0 Å². The van der Waals surface area contributed by atoms with Crippen LogP contribution in [-0.2, 0) is 6.42 Å². The van der Waals surface area contributed by atoms with Crippen LogP contribution in [0, 0.1) is 5.92 Å². The van der Waals surface area contributed by atoms with Gasteiger partial charge >= 0.3 is 0 Å². The minimum atomic E-state index is 0. The summed E-state index contributed by atoms with van der Waals surface area (Å²) in [6.45, 7) is 2.23. The first-order chi connectivity index (χ1) is 8.20. The highest BCUT2D eigenvalue weighted by atomic mass is 127. The van der Waals surface area contributed by atoms with Gasteiger partial charge in [-0.25, -0.2) is 0 Å². The zero-order valence-electron chi connectivity index (χ0n) is 10.4. The van der Waals surface area contributed by atoms with E-state index in [2.05, 4.69) is 46.0 Å². The molecule has 4 heteroatoms. The zero-order valence-corrected chi connectivity index (χ0v) is 14.3. The quantitative estimate of drug-likeness (QED) is 0.654. The van der Waals surface area contributed by atoms with E-state index in [0.717, 1.165) is 10.9 Å². The molecule has 3 rings (SSSR count). The highest BCUT2D eigenvalue weighted by Gasteiger charge is 2.28. The van der Waals surface area contributed by atoms with Crippen LogP contribution >= 0.6 is 39.9 Å². The van der Waals surface area contributed by atoms with Gasteiger partial charge in [-0.1, -0.05) is 29.3 Å². The van der Waals surface area contributed by atoms with E-state index in [-0.39, 0.29) is 30.0 Å². The average Bonchev–Trinajstić information content (AvgIpc) is 2.69. The first-order valence-electron chi connectivity index (χ1n) is 6.26. The highest BCUT2D eigenvalue weighted by Crippen LogP contribution is 2.38. The smallest absolute Gasteiger partial charge is 0.0479 e. The SMILES string of the molecule is CCC1CCc2c([nH]c3ccc(Br)cc23)[C@@H]1N.I. The second-order valence-corrected chi connectivity index (χ2v) is 5.86. The Labute approximate surface area is 133 Å². The Hall–Kier alpha value is -0.0700. The summed E-state index contributed by atoms with van der Waals surface area (Å²) in [5.74, 6) is 0.624. The fourth-order valence-electron chi connectivity index (χ4n) is 3.00. The number of fused-ring (bicyclic) bond motifs is 3. The van der Waals surface area contributed by atoms with Gasteiger partial charge in [0.15, 0.2) is 0 Å². The second-order valence-electron chi connectivity index (χ2n) is 4.94. The number of aryl methyl sites for hydroxylation is 1. The summed E-state index contributed by atoms with van der Waals surface area (Å²) in [6.07, 6.45) is 3.53. The van der Waals surface area contributed by atoms with Crippen LogP contribution in [0.25, 0.3) is 10.9 Å². The van der Waals surface area contributed by atoms with Gasteiger partial charge in [0.25, 0.3) is 0 Å². The van der Waals surface area contributed by atoms with Crippen molar-refractivity contribution in [1.29, 1.82) is 0 Å². The van der Waals surface area contributed by atoms with Crippen molar-refractivity contribution >= 4 is 50.8 Å². The van der Waals surface area contributed by atoms with E-state index in [4.69, 9.17) is 5.73 Å². The minimum Gasteiger partial charge on any atom is -0.357 e. The van der Waals surface area contributed by atoms with E-state index in [1.165, 1.54) is 35.0 Å². The second kappa shape index (κ2) is 5.51. The predicted molar refractivity (Wildman–Crippen MR) is 90.4 cm³/mol. The summed E-state index contributed by atoms with van der Waals surface area (Å²) in [4.78, 5) is 3.51. The van der Waals surface area contributed by atoms with E-state index >= 15 is 0 Å². The third-order valence-corrected chi connectivity index (χ3v) is 4.53. The molecule has 0 saturated carbocycles. The molecule has 0 radical (unpaired) electrons. The standard InChI is InChI=1S/C14H17BrN2.HI/c1-2-8-3-5-10-11-7-9(15)4-6-12(11)17-14(10)13(8)16;/h4,6-8,13,17H,2-3,5,16H2,1H3;1H/t8?,13-;/m1./s1. The molecule has 0 spiro atoms. The van der Waals surface area contributed by atoms with Crippen LogP contribution in [-0.4, -0.2) is 4.98 Å². The first-order valence-corrected chi connectivity index (χ1v) is 7.05. The Balaban J connectivity index is 0.00000120. The summed E-state index contributed by atoms with van der Waals surface area (Å²) in [5.41, 5.74) is 10.3. The summed E-state index contributed by atoms with van der Waals surface area (Å²) in [5, 5.41) is 1.33. The van der Waals surface area contributed by atoms with Crippen LogP contribution in [0.1, 0.15) is 37.1 Å². The highest BCUT2D eigenvalue weighted by molar-refractivity contribution is 14.0. The number of nitrogens with one attached hydrogen (secondary N) is 1. The number of nitrogens with two attached hydrogens (primary N) is 1. The lowest BCUT2D eigenvalue weighted by molar-refractivity contribution is 0.364. The fraction of sp³-hybridized carbons (Fsp3) is 0.429. The van der Waals surface area contributed by atoms with Crippen LogP contribution in [0.2, 0.25) is 0 Å². The van der Waals surface area contributed by atoms with Crippen LogP contribution in [0.5, 0.6) is 0 Å². The van der Waals surface area contributed by atoms with Crippen molar-refractivity contribution in [3.63, 3.8) is 0 Å². The number of benzene rings is 1. The van der Waals surface area contributed by atoms with Crippen molar-refractivity contribution in [3.05, 3.63) is 33.9 Å². The van der Waals surface area contributed by atoms with Crippen molar-refractivity contribution in [2.75, 3.05) is 0 Å². The molecule has 0 aliphatic heterocycles. The lowest BCUT2D eigenvalue weighted by Gasteiger charge is -2.27. The molecule has 0 amide bonds. The molecule has 2 atom stereocenters. The normalized spacial score (nSPS) is 22.6. The zero-order chi connectivity index (χ0) is 12.0. The van der Waals surface area contributed by atoms with Crippen LogP contribution in [0.4, 0.5) is 0 Å². The Bertz CT molecular complexity index is 564.